The lowest BCUT2D eigenvalue weighted by Crippen LogP contribution is -2.69. The van der Waals surface area contributed by atoms with Gasteiger partial charge in [0, 0.05) is 24.7 Å². The predicted molar refractivity (Wildman–Crippen MR) is 138 cm³/mol. The van der Waals surface area contributed by atoms with E-state index >= 15 is 0 Å². The van der Waals surface area contributed by atoms with Crippen molar-refractivity contribution >= 4 is 23.6 Å². The maximum Gasteiger partial charge on any atom is 0.327 e. The molecule has 190 valence electrons. The molecule has 0 radical (unpaired) electrons. The summed E-state index contributed by atoms with van der Waals surface area (Å²) < 4.78 is 5.96. The lowest BCUT2D eigenvalue weighted by atomic mass is 9.82. The molecule has 0 aliphatic carbocycles. The van der Waals surface area contributed by atoms with Gasteiger partial charge in [0.1, 0.15) is 11.5 Å². The highest BCUT2D eigenvalue weighted by atomic mass is 16.5. The average Bonchev–Trinajstić information content (AvgIpc) is 2.90. The fraction of sp³-hybridized carbons (Fsp3) is 0.276. The van der Waals surface area contributed by atoms with Crippen LogP contribution in [-0.4, -0.2) is 51.9 Å². The number of nitrogens with zero attached hydrogens (tertiary/aromatic N) is 2. The second-order valence-corrected chi connectivity index (χ2v) is 9.60. The Morgan fingerprint density at radius 1 is 0.973 bits per heavy atom. The summed E-state index contributed by atoms with van der Waals surface area (Å²) in [5.74, 6) is -0.930. The highest BCUT2D eigenvalue weighted by molar-refractivity contribution is 6.07. The van der Waals surface area contributed by atoms with Crippen LogP contribution in [0.3, 0.4) is 0 Å². The van der Waals surface area contributed by atoms with Crippen LogP contribution < -0.4 is 10.5 Å². The van der Waals surface area contributed by atoms with E-state index < -0.39 is 29.9 Å². The van der Waals surface area contributed by atoms with Crippen molar-refractivity contribution in [3.8, 4) is 11.5 Å². The van der Waals surface area contributed by atoms with Crippen molar-refractivity contribution < 1.29 is 24.2 Å². The highest BCUT2D eigenvalue weighted by Crippen LogP contribution is 2.35. The molecule has 3 amide bonds. The summed E-state index contributed by atoms with van der Waals surface area (Å²) in [6.45, 7) is 0.884. The molecule has 5 rings (SSSR count). The Kier molecular flexibility index (Phi) is 6.81. The monoisotopic (exact) mass is 499 g/mol. The Bertz CT molecular complexity index is 1310. The minimum absolute atomic E-state index is 0.0553. The number of carbonyl (C=O) groups is 3. The number of carboxylic acid groups (broad SMARTS) is 1. The number of carboxylic acids is 1. The number of rotatable bonds is 6. The molecule has 2 heterocycles. The molecule has 0 bridgehead atoms. The van der Waals surface area contributed by atoms with Gasteiger partial charge < -0.3 is 20.5 Å². The van der Waals surface area contributed by atoms with Gasteiger partial charge in [-0.15, -0.1) is 0 Å². The van der Waals surface area contributed by atoms with E-state index in [0.717, 1.165) is 34.6 Å². The molecule has 8 nitrogen and oxygen atoms in total. The zero-order valence-electron chi connectivity index (χ0n) is 20.3. The lowest BCUT2D eigenvalue weighted by molar-refractivity contribution is -0.166. The van der Waals surface area contributed by atoms with Crippen LogP contribution in [0.4, 0.5) is 10.5 Å². The zero-order chi connectivity index (χ0) is 25.9. The second kappa shape index (κ2) is 10.3. The maximum absolute atomic E-state index is 13.4. The number of β-lactam (4-membered cyclic amide) rings is 1. The maximum atomic E-state index is 13.4. The van der Waals surface area contributed by atoms with Crippen LogP contribution in [0.15, 0.2) is 78.9 Å². The molecular formula is C29H29N3O5. The van der Waals surface area contributed by atoms with Gasteiger partial charge in [-0.3, -0.25) is 4.79 Å². The Morgan fingerprint density at radius 3 is 2.49 bits per heavy atom. The van der Waals surface area contributed by atoms with Crippen LogP contribution in [0.25, 0.3) is 0 Å². The Labute approximate surface area is 215 Å². The van der Waals surface area contributed by atoms with Gasteiger partial charge in [0.05, 0.1) is 5.92 Å². The van der Waals surface area contributed by atoms with Gasteiger partial charge in [0.2, 0.25) is 5.91 Å². The summed E-state index contributed by atoms with van der Waals surface area (Å²) in [4.78, 5) is 40.9. The molecule has 0 aromatic heterocycles. The smallest absolute Gasteiger partial charge is 0.327 e. The summed E-state index contributed by atoms with van der Waals surface area (Å²) in [5, 5.41) is 9.85. The fourth-order valence-corrected chi connectivity index (χ4v) is 5.25. The van der Waals surface area contributed by atoms with Crippen LogP contribution in [0.5, 0.6) is 11.5 Å². The number of hydrogen-bond donors (Lipinski definition) is 2. The van der Waals surface area contributed by atoms with Crippen LogP contribution in [-0.2, 0) is 16.0 Å². The van der Waals surface area contributed by atoms with Crippen molar-refractivity contribution in [1.82, 2.24) is 9.80 Å². The number of ether oxygens (including phenoxy) is 1. The number of hydrogen-bond acceptors (Lipinski definition) is 5. The molecule has 3 aromatic rings. The quantitative estimate of drug-likeness (QED) is 0.381. The Morgan fingerprint density at radius 2 is 1.73 bits per heavy atom. The number of anilines is 1. The third-order valence-corrected chi connectivity index (χ3v) is 7.08. The van der Waals surface area contributed by atoms with Crippen LogP contribution in [0.1, 0.15) is 29.9 Å². The number of urea groups is 1. The summed E-state index contributed by atoms with van der Waals surface area (Å²) in [5.41, 5.74) is 8.18. The van der Waals surface area contributed by atoms with E-state index in [1.54, 1.807) is 29.2 Å². The van der Waals surface area contributed by atoms with Crippen molar-refractivity contribution in [2.75, 3.05) is 18.8 Å². The van der Waals surface area contributed by atoms with Crippen molar-refractivity contribution in [3.63, 3.8) is 0 Å². The standard InChI is InChI=1S/C29H29N3O5/c30-22-10-4-7-19(15-22)16-25-26(28(34)35)32(27(25)33)29(36)31-14-6-9-21(18-31)20-8-5-13-24(17-20)37-23-11-2-1-3-12-23/h1-5,7-8,10-13,15,17,21,25-26H,6,9,14,16,18,30H2,(H,34,35)/t21?,25-,26+/m1/s1. The van der Waals surface area contributed by atoms with E-state index in [-0.39, 0.29) is 12.3 Å². The highest BCUT2D eigenvalue weighted by Gasteiger charge is 2.55. The number of benzene rings is 3. The zero-order valence-corrected chi connectivity index (χ0v) is 20.3. The van der Waals surface area contributed by atoms with Gasteiger partial charge >= 0.3 is 12.0 Å². The molecule has 2 fully saturated rings. The minimum Gasteiger partial charge on any atom is -0.480 e. The fourth-order valence-electron chi connectivity index (χ4n) is 5.25. The largest absolute Gasteiger partial charge is 0.480 e. The normalized spacial score (nSPS) is 21.3. The van der Waals surface area contributed by atoms with Crippen molar-refractivity contribution in [1.29, 1.82) is 0 Å². The minimum atomic E-state index is -1.19. The van der Waals surface area contributed by atoms with E-state index in [9.17, 15) is 19.5 Å². The van der Waals surface area contributed by atoms with Crippen LogP contribution in [0, 0.1) is 5.92 Å². The molecule has 0 spiro atoms. The summed E-state index contributed by atoms with van der Waals surface area (Å²) >= 11 is 0. The number of piperidine rings is 1. The van der Waals surface area contributed by atoms with Crippen molar-refractivity contribution in [2.24, 2.45) is 5.92 Å². The van der Waals surface area contributed by atoms with E-state index in [2.05, 4.69) is 0 Å². The number of aliphatic carboxylic acids is 1. The molecule has 3 atom stereocenters. The molecule has 0 saturated carbocycles. The number of nitrogens with two attached hydrogens (primary N) is 1. The number of nitrogen functional groups attached to an aromatic ring is 1. The number of para-hydroxylation sites is 1. The first-order valence-corrected chi connectivity index (χ1v) is 12.4. The molecule has 3 N–H and O–H groups in total. The molecule has 3 aromatic carbocycles. The van der Waals surface area contributed by atoms with Gasteiger partial charge in [-0.1, -0.05) is 42.5 Å². The third kappa shape index (κ3) is 5.14. The first-order chi connectivity index (χ1) is 17.9. The Balaban J connectivity index is 1.27. The number of imide groups is 1. The van der Waals surface area contributed by atoms with Gasteiger partial charge in [-0.25, -0.2) is 14.5 Å². The molecule has 2 aliphatic rings. The summed E-state index contributed by atoms with van der Waals surface area (Å²) in [6, 6.07) is 22.6. The molecule has 1 unspecified atom stereocenters. The average molecular weight is 500 g/mol. The van der Waals surface area contributed by atoms with Crippen LogP contribution in [0.2, 0.25) is 0 Å². The second-order valence-electron chi connectivity index (χ2n) is 9.60. The first kappa shape index (κ1) is 24.4. The molecular weight excluding hydrogens is 470 g/mol. The van der Waals surface area contributed by atoms with Crippen molar-refractivity contribution in [2.45, 2.75) is 31.2 Å². The number of carbonyl (C=O) groups excluding carboxylic acids is 2. The van der Waals surface area contributed by atoms with Crippen LogP contribution >= 0.6 is 0 Å². The molecule has 2 saturated heterocycles. The molecule has 8 heteroatoms. The van der Waals surface area contributed by atoms with E-state index in [4.69, 9.17) is 10.5 Å². The van der Waals surface area contributed by atoms with Gasteiger partial charge in [0.15, 0.2) is 6.04 Å². The van der Waals surface area contributed by atoms with E-state index in [0.29, 0.717) is 24.5 Å². The van der Waals surface area contributed by atoms with E-state index in [1.165, 1.54) is 0 Å². The van der Waals surface area contributed by atoms with Gasteiger partial charge in [-0.05, 0) is 66.8 Å². The predicted octanol–water partition coefficient (Wildman–Crippen LogP) is 4.51. The lowest BCUT2D eigenvalue weighted by Gasteiger charge is -2.46. The first-order valence-electron chi connectivity index (χ1n) is 12.4. The van der Waals surface area contributed by atoms with Gasteiger partial charge in [0.25, 0.3) is 0 Å². The summed E-state index contributed by atoms with van der Waals surface area (Å²) in [7, 11) is 0. The Hall–Kier alpha value is -4.33. The number of likely N-dealkylation sites (tertiary alicyclic amines) is 2. The van der Waals surface area contributed by atoms with E-state index in [1.807, 2.05) is 54.6 Å². The summed E-state index contributed by atoms with van der Waals surface area (Å²) in [6.07, 6.45) is 1.86. The SMILES string of the molecule is Nc1cccc(C[C@H]2C(=O)N(C(=O)N3CCCC(c4cccc(Oc5ccccc5)c4)C3)[C@@H]2C(=O)O)c1. The topological polar surface area (TPSA) is 113 Å². The number of amides is 3. The molecule has 2 aliphatic heterocycles. The molecule has 37 heavy (non-hydrogen) atoms. The van der Waals surface area contributed by atoms with Gasteiger partial charge in [-0.2, -0.15) is 0 Å². The third-order valence-electron chi connectivity index (χ3n) is 7.08. The van der Waals surface area contributed by atoms with Crippen molar-refractivity contribution in [3.05, 3.63) is 90.0 Å².